The van der Waals surface area contributed by atoms with Crippen molar-refractivity contribution in [3.8, 4) is 6.07 Å². The van der Waals surface area contributed by atoms with E-state index in [1.807, 2.05) is 33.8 Å². The van der Waals surface area contributed by atoms with Crippen LogP contribution in [-0.4, -0.2) is 41.1 Å². The van der Waals surface area contributed by atoms with Crippen LogP contribution >= 0.6 is 11.3 Å². The van der Waals surface area contributed by atoms with Crippen LogP contribution in [0.3, 0.4) is 0 Å². The molecule has 1 aliphatic rings. The summed E-state index contributed by atoms with van der Waals surface area (Å²) in [6, 6.07) is 1.96. The summed E-state index contributed by atoms with van der Waals surface area (Å²) in [7, 11) is 0. The molecular formula is C15H20N4O2S. The maximum absolute atomic E-state index is 12.4. The SMILES string of the molecule is Cc1nc(N/C=C(/C#N)C(=O)N2CC(C)OC(C)C2)sc1C. The third-order valence-corrected chi connectivity index (χ3v) is 4.43. The number of amides is 1. The topological polar surface area (TPSA) is 78.2 Å². The van der Waals surface area contributed by atoms with E-state index in [-0.39, 0.29) is 23.7 Å². The maximum atomic E-state index is 12.4. The highest BCUT2D eigenvalue weighted by atomic mass is 32.1. The standard InChI is InChI=1S/C15H20N4O2S/c1-9-7-19(8-10(2)21-9)14(20)13(5-16)6-17-15-18-11(3)12(4)22-15/h6,9-10H,7-8H2,1-4H3,(H,17,18)/b13-6-. The zero-order chi connectivity index (χ0) is 16.3. The molecule has 2 heterocycles. The molecule has 0 aromatic carbocycles. The van der Waals surface area contributed by atoms with Crippen LogP contribution in [-0.2, 0) is 9.53 Å². The Bertz CT molecular complexity index is 602. The number of nitriles is 1. The lowest BCUT2D eigenvalue weighted by molar-refractivity contribution is -0.138. The number of nitrogens with one attached hydrogen (secondary N) is 1. The number of aryl methyl sites for hydroxylation is 2. The van der Waals surface area contributed by atoms with Crippen molar-refractivity contribution in [3.63, 3.8) is 0 Å². The third kappa shape index (κ3) is 3.84. The Labute approximate surface area is 134 Å². The van der Waals surface area contributed by atoms with E-state index in [0.29, 0.717) is 18.2 Å². The summed E-state index contributed by atoms with van der Waals surface area (Å²) in [4.78, 5) is 19.5. The second kappa shape index (κ2) is 6.90. The van der Waals surface area contributed by atoms with Gasteiger partial charge >= 0.3 is 0 Å². The molecule has 6 nitrogen and oxygen atoms in total. The first-order chi connectivity index (χ1) is 10.4. The Morgan fingerprint density at radius 2 is 2.09 bits per heavy atom. The van der Waals surface area contributed by atoms with Gasteiger partial charge in [-0.2, -0.15) is 5.26 Å². The van der Waals surface area contributed by atoms with E-state index in [4.69, 9.17) is 4.74 Å². The van der Waals surface area contributed by atoms with Gasteiger partial charge in [-0.05, 0) is 27.7 Å². The first-order valence-electron chi connectivity index (χ1n) is 7.16. The summed E-state index contributed by atoms with van der Waals surface area (Å²) in [6.45, 7) is 8.74. The van der Waals surface area contributed by atoms with Gasteiger partial charge in [0.2, 0.25) is 0 Å². The van der Waals surface area contributed by atoms with E-state index < -0.39 is 0 Å². The summed E-state index contributed by atoms with van der Waals surface area (Å²) >= 11 is 1.49. The highest BCUT2D eigenvalue weighted by Crippen LogP contribution is 2.21. The number of aromatic nitrogens is 1. The second-order valence-electron chi connectivity index (χ2n) is 5.44. The Morgan fingerprint density at radius 3 is 2.59 bits per heavy atom. The van der Waals surface area contributed by atoms with Gasteiger partial charge in [0, 0.05) is 24.2 Å². The smallest absolute Gasteiger partial charge is 0.266 e. The van der Waals surface area contributed by atoms with Gasteiger partial charge in [0.1, 0.15) is 11.6 Å². The fraction of sp³-hybridized carbons (Fsp3) is 0.533. The molecule has 1 aromatic heterocycles. The van der Waals surface area contributed by atoms with Crippen molar-refractivity contribution in [2.45, 2.75) is 39.9 Å². The molecular weight excluding hydrogens is 300 g/mol. The number of nitrogens with zero attached hydrogens (tertiary/aromatic N) is 3. The molecule has 2 unspecified atom stereocenters. The van der Waals surface area contributed by atoms with E-state index in [0.717, 1.165) is 10.6 Å². The molecule has 7 heteroatoms. The number of rotatable bonds is 3. The Morgan fingerprint density at radius 1 is 1.45 bits per heavy atom. The zero-order valence-corrected chi connectivity index (χ0v) is 14.0. The minimum Gasteiger partial charge on any atom is -0.372 e. The molecule has 1 amide bonds. The summed E-state index contributed by atoms with van der Waals surface area (Å²) < 4.78 is 5.60. The first kappa shape index (κ1) is 16.5. The lowest BCUT2D eigenvalue weighted by atomic mass is 10.2. The molecule has 0 spiro atoms. The third-order valence-electron chi connectivity index (χ3n) is 3.43. The maximum Gasteiger partial charge on any atom is 0.266 e. The predicted octanol–water partition coefficient (Wildman–Crippen LogP) is 2.22. The van der Waals surface area contributed by atoms with Crippen LogP contribution < -0.4 is 5.32 Å². The van der Waals surface area contributed by atoms with Crippen molar-refractivity contribution >= 4 is 22.4 Å². The van der Waals surface area contributed by atoms with Crippen LogP contribution in [0.15, 0.2) is 11.8 Å². The number of morpholine rings is 1. The largest absolute Gasteiger partial charge is 0.372 e. The molecule has 1 aliphatic heterocycles. The summed E-state index contributed by atoms with van der Waals surface area (Å²) in [5.74, 6) is -0.276. The number of carbonyl (C=O) groups excluding carboxylic acids is 1. The zero-order valence-electron chi connectivity index (χ0n) is 13.2. The number of thiazole rings is 1. The first-order valence-corrected chi connectivity index (χ1v) is 7.98. The van der Waals surface area contributed by atoms with Crippen LogP contribution in [0.1, 0.15) is 24.4 Å². The molecule has 22 heavy (non-hydrogen) atoms. The molecule has 0 saturated carbocycles. The number of hydrogen-bond acceptors (Lipinski definition) is 6. The van der Waals surface area contributed by atoms with Gasteiger partial charge in [-0.3, -0.25) is 4.79 Å². The monoisotopic (exact) mass is 320 g/mol. The molecule has 1 saturated heterocycles. The van der Waals surface area contributed by atoms with Gasteiger partial charge in [0.25, 0.3) is 5.91 Å². The van der Waals surface area contributed by atoms with Crippen LogP contribution in [0, 0.1) is 25.2 Å². The van der Waals surface area contributed by atoms with Crippen LogP contribution in [0.25, 0.3) is 0 Å². The van der Waals surface area contributed by atoms with Gasteiger partial charge in [-0.1, -0.05) is 0 Å². The molecule has 1 N–H and O–H groups in total. The quantitative estimate of drug-likeness (QED) is 0.682. The predicted molar refractivity (Wildman–Crippen MR) is 85.5 cm³/mol. The fourth-order valence-electron chi connectivity index (χ4n) is 2.32. The van der Waals surface area contributed by atoms with Gasteiger partial charge in [-0.25, -0.2) is 4.98 Å². The molecule has 1 fully saturated rings. The number of anilines is 1. The summed E-state index contributed by atoms with van der Waals surface area (Å²) in [5, 5.41) is 12.9. The fourth-order valence-corrected chi connectivity index (χ4v) is 3.11. The molecule has 1 aromatic rings. The number of carbonyl (C=O) groups is 1. The van der Waals surface area contributed by atoms with Crippen molar-refractivity contribution in [1.29, 1.82) is 5.26 Å². The Balaban J connectivity index is 2.08. The number of ether oxygens (including phenoxy) is 1. The highest BCUT2D eigenvalue weighted by molar-refractivity contribution is 7.15. The van der Waals surface area contributed by atoms with E-state index >= 15 is 0 Å². The molecule has 118 valence electrons. The molecule has 0 bridgehead atoms. The Hall–Kier alpha value is -1.91. The normalized spacial score (nSPS) is 22.3. The minimum absolute atomic E-state index is 0.0233. The van der Waals surface area contributed by atoms with Gasteiger partial charge in [-0.15, -0.1) is 11.3 Å². The Kier molecular flexibility index (Phi) is 5.16. The molecule has 0 radical (unpaired) electrons. The lowest BCUT2D eigenvalue weighted by Gasteiger charge is -2.35. The van der Waals surface area contributed by atoms with Crippen molar-refractivity contribution < 1.29 is 9.53 Å². The molecule has 2 rings (SSSR count). The lowest BCUT2D eigenvalue weighted by Crippen LogP contribution is -2.48. The highest BCUT2D eigenvalue weighted by Gasteiger charge is 2.27. The van der Waals surface area contributed by atoms with Gasteiger partial charge < -0.3 is 15.0 Å². The van der Waals surface area contributed by atoms with Crippen LogP contribution in [0.2, 0.25) is 0 Å². The average molecular weight is 320 g/mol. The summed E-state index contributed by atoms with van der Waals surface area (Å²) in [6.07, 6.45) is 1.39. The summed E-state index contributed by atoms with van der Waals surface area (Å²) in [5.41, 5.74) is 1.02. The van der Waals surface area contributed by atoms with Crippen LogP contribution in [0.4, 0.5) is 5.13 Å². The van der Waals surface area contributed by atoms with E-state index in [1.165, 1.54) is 17.5 Å². The van der Waals surface area contributed by atoms with Gasteiger partial charge in [0.15, 0.2) is 5.13 Å². The molecule has 0 aliphatic carbocycles. The van der Waals surface area contributed by atoms with E-state index in [1.54, 1.807) is 4.90 Å². The molecule has 2 atom stereocenters. The van der Waals surface area contributed by atoms with Crippen molar-refractivity contribution in [1.82, 2.24) is 9.88 Å². The van der Waals surface area contributed by atoms with Gasteiger partial charge in [0.05, 0.1) is 17.9 Å². The number of hydrogen-bond donors (Lipinski definition) is 1. The average Bonchev–Trinajstić information content (AvgIpc) is 2.77. The van der Waals surface area contributed by atoms with Crippen LogP contribution in [0.5, 0.6) is 0 Å². The van der Waals surface area contributed by atoms with Crippen molar-refractivity contribution in [2.24, 2.45) is 0 Å². The second-order valence-corrected chi connectivity index (χ2v) is 6.65. The van der Waals surface area contributed by atoms with E-state index in [2.05, 4.69) is 10.3 Å². The minimum atomic E-state index is -0.276. The van der Waals surface area contributed by atoms with Crippen molar-refractivity contribution in [2.75, 3.05) is 18.4 Å². The van der Waals surface area contributed by atoms with E-state index in [9.17, 15) is 10.1 Å². The van der Waals surface area contributed by atoms with Crippen molar-refractivity contribution in [3.05, 3.63) is 22.3 Å².